The highest BCUT2D eigenvalue weighted by atomic mass is 16.4. The zero-order valence-corrected chi connectivity index (χ0v) is 10.9. The van der Waals surface area contributed by atoms with Crippen molar-refractivity contribution in [3.05, 3.63) is 0 Å². The molecule has 18 heavy (non-hydrogen) atoms. The number of rotatable bonds is 4. The van der Waals surface area contributed by atoms with Gasteiger partial charge in [0.15, 0.2) is 0 Å². The van der Waals surface area contributed by atoms with E-state index in [1.807, 2.05) is 0 Å². The number of hydrogen-bond donors (Lipinski definition) is 2. The van der Waals surface area contributed by atoms with E-state index in [1.54, 1.807) is 18.7 Å². The summed E-state index contributed by atoms with van der Waals surface area (Å²) in [7, 11) is 0. The molecule has 0 aromatic rings. The predicted molar refractivity (Wildman–Crippen MR) is 68.0 cm³/mol. The largest absolute Gasteiger partial charge is 0.481 e. The Morgan fingerprint density at radius 1 is 1.56 bits per heavy atom. The van der Waals surface area contributed by atoms with Gasteiger partial charge in [0.25, 0.3) is 0 Å². The molecule has 1 aliphatic rings. The zero-order valence-electron chi connectivity index (χ0n) is 10.9. The molecule has 1 aliphatic heterocycles. The highest BCUT2D eigenvalue weighted by molar-refractivity contribution is 5.75. The third-order valence-corrected chi connectivity index (χ3v) is 3.12. The fourth-order valence-corrected chi connectivity index (χ4v) is 1.96. The Bertz CT molecular complexity index is 371. The number of nitrogens with one attached hydrogen (secondary N) is 1. The summed E-state index contributed by atoms with van der Waals surface area (Å²) < 4.78 is 0. The van der Waals surface area contributed by atoms with Gasteiger partial charge < -0.3 is 15.3 Å². The monoisotopic (exact) mass is 252 g/mol. The maximum Gasteiger partial charge on any atom is 0.318 e. The topological polar surface area (TPSA) is 69.6 Å². The van der Waals surface area contributed by atoms with Gasteiger partial charge in [-0.25, -0.2) is 4.79 Å². The van der Waals surface area contributed by atoms with Gasteiger partial charge >= 0.3 is 12.0 Å². The molecule has 1 fully saturated rings. The zero-order chi connectivity index (χ0) is 13.8. The van der Waals surface area contributed by atoms with Gasteiger partial charge in [-0.05, 0) is 32.6 Å². The molecule has 0 bridgehead atoms. The van der Waals surface area contributed by atoms with Crippen molar-refractivity contribution in [3.63, 3.8) is 0 Å². The summed E-state index contributed by atoms with van der Waals surface area (Å²) in [5.74, 6) is 2.00. The second-order valence-corrected chi connectivity index (χ2v) is 5.23. The Kier molecular flexibility index (Phi) is 4.60. The SMILES string of the molecule is C#CC(C)(C)NC(=O)N1CCC(CCC(=O)O)C1. The van der Waals surface area contributed by atoms with Crippen molar-refractivity contribution >= 4 is 12.0 Å². The molecule has 2 amide bonds. The first-order chi connectivity index (χ1) is 8.34. The lowest BCUT2D eigenvalue weighted by Crippen LogP contribution is -2.48. The minimum absolute atomic E-state index is 0.163. The van der Waals surface area contributed by atoms with E-state index in [0.717, 1.165) is 6.42 Å². The number of terminal acetylenes is 1. The summed E-state index contributed by atoms with van der Waals surface area (Å²) >= 11 is 0. The molecule has 0 saturated carbocycles. The van der Waals surface area contributed by atoms with Crippen LogP contribution < -0.4 is 5.32 Å². The van der Waals surface area contributed by atoms with Crippen molar-refractivity contribution in [1.82, 2.24) is 10.2 Å². The van der Waals surface area contributed by atoms with E-state index < -0.39 is 11.5 Å². The van der Waals surface area contributed by atoms with Crippen molar-refractivity contribution in [2.75, 3.05) is 13.1 Å². The molecular formula is C13H20N2O3. The minimum Gasteiger partial charge on any atom is -0.481 e. The van der Waals surface area contributed by atoms with Crippen LogP contribution in [-0.2, 0) is 4.79 Å². The maximum absolute atomic E-state index is 11.9. The van der Waals surface area contributed by atoms with E-state index >= 15 is 0 Å². The lowest BCUT2D eigenvalue weighted by atomic mass is 10.0. The molecule has 1 saturated heterocycles. The molecular weight excluding hydrogens is 232 g/mol. The van der Waals surface area contributed by atoms with E-state index in [-0.39, 0.29) is 18.4 Å². The molecule has 2 N–H and O–H groups in total. The number of nitrogens with zero attached hydrogens (tertiary/aromatic N) is 1. The van der Waals surface area contributed by atoms with Gasteiger partial charge in [0, 0.05) is 19.5 Å². The summed E-state index contributed by atoms with van der Waals surface area (Å²) in [6.07, 6.45) is 6.96. The quantitative estimate of drug-likeness (QED) is 0.741. The molecule has 0 spiro atoms. The molecule has 0 aromatic heterocycles. The fourth-order valence-electron chi connectivity index (χ4n) is 1.96. The summed E-state index contributed by atoms with van der Waals surface area (Å²) in [5, 5.41) is 11.4. The number of carboxylic acid groups (broad SMARTS) is 1. The van der Waals surface area contributed by atoms with Gasteiger partial charge in [-0.2, -0.15) is 0 Å². The van der Waals surface area contributed by atoms with Gasteiger partial charge in [0.2, 0.25) is 0 Å². The Hall–Kier alpha value is -1.70. The van der Waals surface area contributed by atoms with Crippen molar-refractivity contribution in [2.45, 2.75) is 38.6 Å². The molecule has 5 heteroatoms. The standard InChI is InChI=1S/C13H20N2O3/c1-4-13(2,3)14-12(18)15-8-7-10(9-15)5-6-11(16)17/h1,10H,5-9H2,2-3H3,(H,14,18)(H,16,17). The second kappa shape index (κ2) is 5.76. The van der Waals surface area contributed by atoms with Crippen molar-refractivity contribution in [2.24, 2.45) is 5.92 Å². The van der Waals surface area contributed by atoms with Gasteiger partial charge in [0.1, 0.15) is 0 Å². The number of likely N-dealkylation sites (tertiary alicyclic amines) is 1. The van der Waals surface area contributed by atoms with Gasteiger partial charge in [-0.3, -0.25) is 4.79 Å². The lowest BCUT2D eigenvalue weighted by Gasteiger charge is -2.24. The van der Waals surface area contributed by atoms with Crippen LogP contribution in [0.5, 0.6) is 0 Å². The van der Waals surface area contributed by atoms with Crippen LogP contribution >= 0.6 is 0 Å². The van der Waals surface area contributed by atoms with Crippen LogP contribution in [0.4, 0.5) is 4.79 Å². The molecule has 0 aliphatic carbocycles. The molecule has 100 valence electrons. The lowest BCUT2D eigenvalue weighted by molar-refractivity contribution is -0.137. The maximum atomic E-state index is 11.9. The van der Waals surface area contributed by atoms with E-state index in [1.165, 1.54) is 0 Å². The minimum atomic E-state index is -0.786. The third-order valence-electron chi connectivity index (χ3n) is 3.12. The van der Waals surface area contributed by atoms with E-state index in [9.17, 15) is 9.59 Å². The normalized spacial score (nSPS) is 19.4. The molecule has 1 heterocycles. The van der Waals surface area contributed by atoms with Crippen LogP contribution in [-0.4, -0.2) is 40.6 Å². The first kappa shape index (κ1) is 14.4. The Morgan fingerprint density at radius 2 is 2.22 bits per heavy atom. The molecule has 0 radical (unpaired) electrons. The van der Waals surface area contributed by atoms with Crippen molar-refractivity contribution < 1.29 is 14.7 Å². The molecule has 0 aromatic carbocycles. The second-order valence-electron chi connectivity index (χ2n) is 5.23. The van der Waals surface area contributed by atoms with Crippen LogP contribution in [0.25, 0.3) is 0 Å². The smallest absolute Gasteiger partial charge is 0.318 e. The molecule has 5 nitrogen and oxygen atoms in total. The first-order valence-electron chi connectivity index (χ1n) is 6.10. The van der Waals surface area contributed by atoms with Gasteiger partial charge in [-0.15, -0.1) is 6.42 Å². The molecule has 1 atom stereocenters. The van der Waals surface area contributed by atoms with Crippen LogP contribution in [0.1, 0.15) is 33.1 Å². The van der Waals surface area contributed by atoms with Crippen LogP contribution in [0.3, 0.4) is 0 Å². The predicted octanol–water partition coefficient (Wildman–Crippen LogP) is 1.29. The summed E-state index contributed by atoms with van der Waals surface area (Å²) in [6, 6.07) is -0.171. The molecule has 1 unspecified atom stereocenters. The van der Waals surface area contributed by atoms with Crippen molar-refractivity contribution in [1.29, 1.82) is 0 Å². The summed E-state index contributed by atoms with van der Waals surface area (Å²) in [5.41, 5.74) is -0.657. The third kappa shape index (κ3) is 4.28. The Labute approximate surface area is 108 Å². The highest BCUT2D eigenvalue weighted by Gasteiger charge is 2.28. The van der Waals surface area contributed by atoms with E-state index in [2.05, 4.69) is 11.2 Å². The number of hydrogen-bond acceptors (Lipinski definition) is 2. The Morgan fingerprint density at radius 3 is 2.78 bits per heavy atom. The average molecular weight is 252 g/mol. The van der Waals surface area contributed by atoms with Crippen molar-refractivity contribution in [3.8, 4) is 12.3 Å². The fraction of sp³-hybridized carbons (Fsp3) is 0.692. The van der Waals surface area contributed by atoms with Crippen LogP contribution in [0.2, 0.25) is 0 Å². The highest BCUT2D eigenvalue weighted by Crippen LogP contribution is 2.21. The van der Waals surface area contributed by atoms with Gasteiger partial charge in [-0.1, -0.05) is 5.92 Å². The number of carbonyl (C=O) groups excluding carboxylic acids is 1. The first-order valence-corrected chi connectivity index (χ1v) is 6.10. The number of carboxylic acids is 1. The van der Waals surface area contributed by atoms with Crippen LogP contribution in [0.15, 0.2) is 0 Å². The summed E-state index contributed by atoms with van der Waals surface area (Å²) in [6.45, 7) is 4.81. The average Bonchev–Trinajstić information content (AvgIpc) is 2.74. The summed E-state index contributed by atoms with van der Waals surface area (Å²) in [4.78, 5) is 24.1. The van der Waals surface area contributed by atoms with E-state index in [4.69, 9.17) is 11.5 Å². The number of urea groups is 1. The number of carbonyl (C=O) groups is 2. The van der Waals surface area contributed by atoms with E-state index in [0.29, 0.717) is 19.5 Å². The number of aliphatic carboxylic acids is 1. The molecule has 1 rings (SSSR count). The number of amides is 2. The van der Waals surface area contributed by atoms with Gasteiger partial charge in [0.05, 0.1) is 5.54 Å². The Balaban J connectivity index is 2.40. The van der Waals surface area contributed by atoms with Crippen LogP contribution in [0, 0.1) is 18.3 Å².